The summed E-state index contributed by atoms with van der Waals surface area (Å²) in [6.45, 7) is 5.57. The lowest BCUT2D eigenvalue weighted by Crippen LogP contribution is -2.35. The first-order valence-corrected chi connectivity index (χ1v) is 5.00. The van der Waals surface area contributed by atoms with E-state index < -0.39 is 11.9 Å². The maximum absolute atomic E-state index is 10.9. The molecule has 1 unspecified atom stereocenters. The van der Waals surface area contributed by atoms with Crippen LogP contribution >= 0.6 is 0 Å². The lowest BCUT2D eigenvalue weighted by molar-refractivity contribution is -0.143. The summed E-state index contributed by atoms with van der Waals surface area (Å²) in [7, 11) is 0. The predicted octanol–water partition coefficient (Wildman–Crippen LogP) is 1.26. The minimum atomic E-state index is -0.826. The number of hydrogen-bond donors (Lipinski definition) is 2. The molecule has 0 aliphatic heterocycles. The molecule has 0 radical (unpaired) electrons. The SMILES string of the molecule is CCC(CC)C(CNC(C)=O)C(=O)O. The molecule has 0 aromatic rings. The Balaban J connectivity index is 4.27. The lowest BCUT2D eigenvalue weighted by Gasteiger charge is -2.21. The molecule has 2 N–H and O–H groups in total. The number of carboxylic acids is 1. The van der Waals surface area contributed by atoms with Gasteiger partial charge in [-0.25, -0.2) is 0 Å². The fourth-order valence-corrected chi connectivity index (χ4v) is 1.57. The van der Waals surface area contributed by atoms with Crippen molar-refractivity contribution in [3.8, 4) is 0 Å². The smallest absolute Gasteiger partial charge is 0.308 e. The van der Waals surface area contributed by atoms with Crippen LogP contribution in [0.1, 0.15) is 33.6 Å². The van der Waals surface area contributed by atoms with Crippen molar-refractivity contribution in [1.82, 2.24) is 5.32 Å². The highest BCUT2D eigenvalue weighted by atomic mass is 16.4. The average Bonchev–Trinajstić information content (AvgIpc) is 2.11. The molecule has 14 heavy (non-hydrogen) atoms. The molecule has 0 rings (SSSR count). The van der Waals surface area contributed by atoms with Crippen molar-refractivity contribution in [3.05, 3.63) is 0 Å². The Hall–Kier alpha value is -1.06. The molecule has 0 fully saturated rings. The molecular weight excluding hydrogens is 182 g/mol. The molecule has 4 nitrogen and oxygen atoms in total. The first-order chi connectivity index (χ1) is 6.52. The second-order valence-corrected chi connectivity index (χ2v) is 3.46. The number of carbonyl (C=O) groups excluding carboxylic acids is 1. The Morgan fingerprint density at radius 3 is 2.07 bits per heavy atom. The molecule has 4 heteroatoms. The van der Waals surface area contributed by atoms with Crippen LogP contribution in [0.4, 0.5) is 0 Å². The van der Waals surface area contributed by atoms with Gasteiger partial charge < -0.3 is 10.4 Å². The standard InChI is InChI=1S/C10H19NO3/c1-4-8(5-2)9(10(13)14)6-11-7(3)12/h8-9H,4-6H2,1-3H3,(H,11,12)(H,13,14). The molecule has 0 aliphatic rings. The second kappa shape index (κ2) is 6.40. The molecule has 0 spiro atoms. The van der Waals surface area contributed by atoms with Gasteiger partial charge in [0.2, 0.25) is 5.91 Å². The molecule has 1 amide bonds. The first-order valence-electron chi connectivity index (χ1n) is 5.00. The van der Waals surface area contributed by atoms with E-state index in [-0.39, 0.29) is 18.4 Å². The third-order valence-corrected chi connectivity index (χ3v) is 2.51. The number of aliphatic carboxylic acids is 1. The van der Waals surface area contributed by atoms with Gasteiger partial charge in [-0.1, -0.05) is 26.7 Å². The zero-order valence-corrected chi connectivity index (χ0v) is 9.04. The fourth-order valence-electron chi connectivity index (χ4n) is 1.57. The molecule has 0 aromatic carbocycles. The largest absolute Gasteiger partial charge is 0.481 e. The van der Waals surface area contributed by atoms with Crippen LogP contribution < -0.4 is 5.32 Å². The zero-order chi connectivity index (χ0) is 11.1. The van der Waals surface area contributed by atoms with Crippen molar-refractivity contribution in [2.45, 2.75) is 33.6 Å². The van der Waals surface area contributed by atoms with Gasteiger partial charge in [0.15, 0.2) is 0 Å². The molecule has 0 saturated heterocycles. The summed E-state index contributed by atoms with van der Waals surface area (Å²) in [5.74, 6) is -1.33. The van der Waals surface area contributed by atoms with Crippen molar-refractivity contribution >= 4 is 11.9 Å². The van der Waals surface area contributed by atoms with E-state index in [9.17, 15) is 9.59 Å². The highest BCUT2D eigenvalue weighted by Gasteiger charge is 2.25. The quantitative estimate of drug-likeness (QED) is 0.680. The van der Waals surface area contributed by atoms with E-state index in [1.807, 2.05) is 13.8 Å². The molecule has 0 aliphatic carbocycles. The topological polar surface area (TPSA) is 66.4 Å². The number of amides is 1. The van der Waals surface area contributed by atoms with E-state index in [1.54, 1.807) is 0 Å². The highest BCUT2D eigenvalue weighted by molar-refractivity contribution is 5.75. The van der Waals surface area contributed by atoms with Crippen molar-refractivity contribution in [2.24, 2.45) is 11.8 Å². The van der Waals surface area contributed by atoms with Gasteiger partial charge in [-0.2, -0.15) is 0 Å². The number of hydrogen-bond acceptors (Lipinski definition) is 2. The van der Waals surface area contributed by atoms with Crippen molar-refractivity contribution < 1.29 is 14.7 Å². The minimum absolute atomic E-state index is 0.138. The zero-order valence-electron chi connectivity index (χ0n) is 9.04. The Morgan fingerprint density at radius 1 is 1.29 bits per heavy atom. The average molecular weight is 201 g/mol. The summed E-state index contributed by atoms with van der Waals surface area (Å²) in [4.78, 5) is 21.6. The van der Waals surface area contributed by atoms with Crippen LogP contribution in [-0.2, 0) is 9.59 Å². The van der Waals surface area contributed by atoms with Crippen LogP contribution in [0.2, 0.25) is 0 Å². The summed E-state index contributed by atoms with van der Waals surface area (Å²) in [5.41, 5.74) is 0. The van der Waals surface area contributed by atoms with Gasteiger partial charge in [-0.05, 0) is 5.92 Å². The maximum Gasteiger partial charge on any atom is 0.308 e. The lowest BCUT2D eigenvalue weighted by atomic mass is 9.88. The van der Waals surface area contributed by atoms with Crippen molar-refractivity contribution in [1.29, 1.82) is 0 Å². The van der Waals surface area contributed by atoms with Crippen LogP contribution in [0.5, 0.6) is 0 Å². The fraction of sp³-hybridized carbons (Fsp3) is 0.800. The van der Waals surface area contributed by atoms with Crippen LogP contribution in [-0.4, -0.2) is 23.5 Å². The van der Waals surface area contributed by atoms with Gasteiger partial charge in [-0.15, -0.1) is 0 Å². The van der Waals surface area contributed by atoms with E-state index in [1.165, 1.54) is 6.92 Å². The number of carbonyl (C=O) groups is 2. The van der Waals surface area contributed by atoms with Gasteiger partial charge in [0.05, 0.1) is 5.92 Å². The Bertz CT molecular complexity index is 200. The second-order valence-electron chi connectivity index (χ2n) is 3.46. The van der Waals surface area contributed by atoms with E-state index in [4.69, 9.17) is 5.11 Å². The molecule has 0 saturated carbocycles. The maximum atomic E-state index is 10.9. The monoisotopic (exact) mass is 201 g/mol. The van der Waals surface area contributed by atoms with E-state index in [0.29, 0.717) is 0 Å². The minimum Gasteiger partial charge on any atom is -0.481 e. The van der Waals surface area contributed by atoms with Gasteiger partial charge in [0.25, 0.3) is 0 Å². The third-order valence-electron chi connectivity index (χ3n) is 2.51. The van der Waals surface area contributed by atoms with E-state index in [0.717, 1.165) is 12.8 Å². The summed E-state index contributed by atoms with van der Waals surface area (Å²) in [6.07, 6.45) is 1.65. The number of nitrogens with one attached hydrogen (secondary N) is 1. The number of rotatable bonds is 6. The van der Waals surface area contributed by atoms with E-state index >= 15 is 0 Å². The molecule has 1 atom stereocenters. The molecule has 0 aromatic heterocycles. The van der Waals surface area contributed by atoms with Gasteiger partial charge in [0, 0.05) is 13.5 Å². The number of carboxylic acid groups (broad SMARTS) is 1. The van der Waals surface area contributed by atoms with Crippen molar-refractivity contribution in [2.75, 3.05) is 6.54 Å². The van der Waals surface area contributed by atoms with Crippen molar-refractivity contribution in [3.63, 3.8) is 0 Å². The van der Waals surface area contributed by atoms with Crippen LogP contribution in [0, 0.1) is 11.8 Å². The molecule has 0 heterocycles. The van der Waals surface area contributed by atoms with Crippen LogP contribution in [0.25, 0.3) is 0 Å². The first kappa shape index (κ1) is 12.9. The molecule has 82 valence electrons. The van der Waals surface area contributed by atoms with Gasteiger partial charge in [0.1, 0.15) is 0 Å². The van der Waals surface area contributed by atoms with Crippen LogP contribution in [0.3, 0.4) is 0 Å². The normalized spacial score (nSPS) is 12.6. The third kappa shape index (κ3) is 4.25. The summed E-state index contributed by atoms with van der Waals surface area (Å²) < 4.78 is 0. The van der Waals surface area contributed by atoms with Crippen LogP contribution in [0.15, 0.2) is 0 Å². The van der Waals surface area contributed by atoms with Gasteiger partial charge in [-0.3, -0.25) is 9.59 Å². The Labute approximate surface area is 84.7 Å². The summed E-state index contributed by atoms with van der Waals surface area (Å²) in [6, 6.07) is 0. The highest BCUT2D eigenvalue weighted by Crippen LogP contribution is 2.19. The van der Waals surface area contributed by atoms with E-state index in [2.05, 4.69) is 5.32 Å². The molecule has 0 bridgehead atoms. The molecular formula is C10H19NO3. The predicted molar refractivity (Wildman–Crippen MR) is 53.9 cm³/mol. The van der Waals surface area contributed by atoms with Gasteiger partial charge >= 0.3 is 5.97 Å². The Morgan fingerprint density at radius 2 is 1.79 bits per heavy atom. The summed E-state index contributed by atoms with van der Waals surface area (Å²) in [5, 5.41) is 11.5. The summed E-state index contributed by atoms with van der Waals surface area (Å²) >= 11 is 0. The Kier molecular flexibility index (Phi) is 5.92.